The zero-order valence-corrected chi connectivity index (χ0v) is 5.90. The van der Waals surface area contributed by atoms with Crippen LogP contribution >= 0.6 is 0 Å². The van der Waals surface area contributed by atoms with E-state index < -0.39 is 23.4 Å². The molecule has 0 saturated carbocycles. The van der Waals surface area contributed by atoms with E-state index in [9.17, 15) is 9.59 Å². The fraction of sp³-hybridized carbons (Fsp3) is 0.667. The third-order valence-electron chi connectivity index (χ3n) is 2.11. The van der Waals surface area contributed by atoms with Crippen molar-refractivity contribution in [2.45, 2.75) is 12.5 Å². The number of cyclic esters (lactones) is 2. The number of rotatable bonds is 0. The standard InChI is InChI=1S/C6H6N2O3/c1-6-3(2-7-8-6)4(9)11-5(6)10/h3H,2H2,1H3/t3-,6-/m1/s1. The summed E-state index contributed by atoms with van der Waals surface area (Å²) >= 11 is 0. The average Bonchev–Trinajstić information content (AvgIpc) is 2.39. The van der Waals surface area contributed by atoms with Gasteiger partial charge in [-0.25, -0.2) is 4.79 Å². The molecular weight excluding hydrogens is 148 g/mol. The van der Waals surface area contributed by atoms with Gasteiger partial charge in [0.1, 0.15) is 5.92 Å². The molecule has 58 valence electrons. The molecule has 5 nitrogen and oxygen atoms in total. The first-order chi connectivity index (χ1) is 5.14. The van der Waals surface area contributed by atoms with Crippen LogP contribution in [0.15, 0.2) is 10.2 Å². The Morgan fingerprint density at radius 1 is 1.64 bits per heavy atom. The van der Waals surface area contributed by atoms with Gasteiger partial charge in [0, 0.05) is 0 Å². The average molecular weight is 154 g/mol. The fourth-order valence-corrected chi connectivity index (χ4v) is 1.27. The number of carbonyl (C=O) groups is 2. The van der Waals surface area contributed by atoms with E-state index >= 15 is 0 Å². The van der Waals surface area contributed by atoms with Crippen molar-refractivity contribution in [1.29, 1.82) is 0 Å². The second-order valence-electron chi connectivity index (χ2n) is 2.83. The van der Waals surface area contributed by atoms with E-state index in [1.165, 1.54) is 0 Å². The lowest BCUT2D eigenvalue weighted by atomic mass is 9.90. The fourth-order valence-electron chi connectivity index (χ4n) is 1.27. The summed E-state index contributed by atoms with van der Waals surface area (Å²) in [5.41, 5.74) is -1.02. The molecule has 0 aliphatic carbocycles. The minimum Gasteiger partial charge on any atom is -0.391 e. The molecule has 0 spiro atoms. The highest BCUT2D eigenvalue weighted by Crippen LogP contribution is 2.36. The quantitative estimate of drug-likeness (QED) is 0.361. The van der Waals surface area contributed by atoms with Gasteiger partial charge in [0.15, 0.2) is 5.54 Å². The Kier molecular flexibility index (Phi) is 0.976. The number of hydrogen-bond acceptors (Lipinski definition) is 5. The van der Waals surface area contributed by atoms with E-state index in [0.717, 1.165) is 0 Å². The third kappa shape index (κ3) is 0.599. The molecule has 0 N–H and O–H groups in total. The molecule has 2 rings (SSSR count). The maximum atomic E-state index is 11.0. The molecular formula is C6H6N2O3. The Morgan fingerprint density at radius 3 is 3.00 bits per heavy atom. The van der Waals surface area contributed by atoms with Crippen LogP contribution in [0.1, 0.15) is 6.92 Å². The molecule has 2 aliphatic heterocycles. The number of esters is 2. The maximum Gasteiger partial charge on any atom is 0.344 e. The molecule has 2 aliphatic rings. The van der Waals surface area contributed by atoms with Gasteiger partial charge in [-0.15, -0.1) is 0 Å². The summed E-state index contributed by atoms with van der Waals surface area (Å²) < 4.78 is 4.40. The highest BCUT2D eigenvalue weighted by molar-refractivity contribution is 6.02. The summed E-state index contributed by atoms with van der Waals surface area (Å²) in [6, 6.07) is 0. The second-order valence-corrected chi connectivity index (χ2v) is 2.83. The van der Waals surface area contributed by atoms with Gasteiger partial charge in [-0.1, -0.05) is 0 Å². The minimum atomic E-state index is -1.02. The van der Waals surface area contributed by atoms with Crippen molar-refractivity contribution in [3.05, 3.63) is 0 Å². The highest BCUT2D eigenvalue weighted by Gasteiger charge is 2.57. The van der Waals surface area contributed by atoms with Gasteiger partial charge in [0.05, 0.1) is 6.54 Å². The summed E-state index contributed by atoms with van der Waals surface area (Å²) in [4.78, 5) is 21.9. The van der Waals surface area contributed by atoms with Gasteiger partial charge in [-0.05, 0) is 6.92 Å². The van der Waals surface area contributed by atoms with Crippen LogP contribution in [0.5, 0.6) is 0 Å². The lowest BCUT2D eigenvalue weighted by Gasteiger charge is -2.08. The topological polar surface area (TPSA) is 68.1 Å². The summed E-state index contributed by atoms with van der Waals surface area (Å²) in [7, 11) is 0. The lowest BCUT2D eigenvalue weighted by molar-refractivity contribution is -0.154. The van der Waals surface area contributed by atoms with E-state index in [4.69, 9.17) is 0 Å². The number of ether oxygens (including phenoxy) is 1. The molecule has 11 heavy (non-hydrogen) atoms. The lowest BCUT2D eigenvalue weighted by Crippen LogP contribution is -2.33. The van der Waals surface area contributed by atoms with E-state index in [1.807, 2.05) is 0 Å². The Hall–Kier alpha value is -1.26. The Balaban J connectivity index is 2.46. The van der Waals surface area contributed by atoms with Crippen molar-refractivity contribution in [2.24, 2.45) is 16.1 Å². The van der Waals surface area contributed by atoms with Crippen molar-refractivity contribution in [3.63, 3.8) is 0 Å². The molecule has 2 heterocycles. The Bertz CT molecular complexity index is 273. The predicted octanol–water partition coefficient (Wildman–Crippen LogP) is -0.0895. The van der Waals surface area contributed by atoms with Crippen LogP contribution in [0.2, 0.25) is 0 Å². The number of nitrogens with zero attached hydrogens (tertiary/aromatic N) is 2. The smallest absolute Gasteiger partial charge is 0.344 e. The van der Waals surface area contributed by atoms with Gasteiger partial charge in [-0.3, -0.25) is 4.79 Å². The summed E-state index contributed by atoms with van der Waals surface area (Å²) in [5.74, 6) is -1.55. The number of carbonyl (C=O) groups excluding carboxylic acids is 2. The summed E-state index contributed by atoms with van der Waals surface area (Å²) in [6.45, 7) is 1.85. The predicted molar refractivity (Wildman–Crippen MR) is 32.7 cm³/mol. The van der Waals surface area contributed by atoms with Gasteiger partial charge < -0.3 is 4.74 Å². The van der Waals surface area contributed by atoms with Gasteiger partial charge >= 0.3 is 11.9 Å². The zero-order chi connectivity index (χ0) is 8.06. The van der Waals surface area contributed by atoms with Crippen molar-refractivity contribution in [3.8, 4) is 0 Å². The highest BCUT2D eigenvalue weighted by atomic mass is 16.6. The van der Waals surface area contributed by atoms with Gasteiger partial charge in [-0.2, -0.15) is 10.2 Å². The molecule has 0 radical (unpaired) electrons. The van der Waals surface area contributed by atoms with Crippen LogP contribution in [-0.2, 0) is 14.3 Å². The third-order valence-corrected chi connectivity index (χ3v) is 2.11. The van der Waals surface area contributed by atoms with Crippen molar-refractivity contribution >= 4 is 11.9 Å². The normalized spacial score (nSPS) is 41.0. The Labute approximate surface area is 62.4 Å². The van der Waals surface area contributed by atoms with Crippen LogP contribution < -0.4 is 0 Å². The van der Waals surface area contributed by atoms with E-state index in [-0.39, 0.29) is 6.54 Å². The van der Waals surface area contributed by atoms with Crippen molar-refractivity contribution in [2.75, 3.05) is 6.54 Å². The monoisotopic (exact) mass is 154 g/mol. The van der Waals surface area contributed by atoms with Crippen LogP contribution in [0.3, 0.4) is 0 Å². The number of azo groups is 1. The molecule has 0 aromatic carbocycles. The van der Waals surface area contributed by atoms with Crippen LogP contribution in [0.25, 0.3) is 0 Å². The summed E-state index contributed by atoms with van der Waals surface area (Å²) in [5, 5.41) is 7.33. The van der Waals surface area contributed by atoms with Gasteiger partial charge in [0.2, 0.25) is 0 Å². The molecule has 2 atom stereocenters. The molecule has 0 unspecified atom stereocenters. The minimum absolute atomic E-state index is 0.279. The Morgan fingerprint density at radius 2 is 2.36 bits per heavy atom. The van der Waals surface area contributed by atoms with Crippen LogP contribution in [0.4, 0.5) is 0 Å². The summed E-state index contributed by atoms with van der Waals surface area (Å²) in [6.07, 6.45) is 0. The zero-order valence-electron chi connectivity index (χ0n) is 5.90. The molecule has 0 aromatic rings. The SMILES string of the molecule is C[C@@]12N=NC[C@@H]1C(=O)OC2=O. The molecule has 0 amide bonds. The first-order valence-electron chi connectivity index (χ1n) is 3.29. The maximum absolute atomic E-state index is 11.0. The van der Waals surface area contributed by atoms with Crippen LogP contribution in [-0.4, -0.2) is 24.0 Å². The van der Waals surface area contributed by atoms with Crippen molar-refractivity contribution < 1.29 is 14.3 Å². The first-order valence-corrected chi connectivity index (χ1v) is 3.29. The molecule has 1 fully saturated rings. The first kappa shape index (κ1) is 6.45. The molecule has 0 bridgehead atoms. The van der Waals surface area contributed by atoms with Crippen LogP contribution in [0, 0.1) is 5.92 Å². The second kappa shape index (κ2) is 1.66. The largest absolute Gasteiger partial charge is 0.391 e. The van der Waals surface area contributed by atoms with E-state index in [2.05, 4.69) is 15.0 Å². The van der Waals surface area contributed by atoms with Crippen molar-refractivity contribution in [1.82, 2.24) is 0 Å². The molecule has 5 heteroatoms. The number of hydrogen-bond donors (Lipinski definition) is 0. The molecule has 0 aromatic heterocycles. The van der Waals surface area contributed by atoms with E-state index in [1.54, 1.807) is 6.92 Å². The van der Waals surface area contributed by atoms with E-state index in [0.29, 0.717) is 0 Å². The number of fused-ring (bicyclic) bond motifs is 1. The van der Waals surface area contributed by atoms with Gasteiger partial charge in [0.25, 0.3) is 0 Å². The molecule has 1 saturated heterocycles.